The number of anilines is 1. The number of carbonyl (C=O) groups is 1. The summed E-state index contributed by atoms with van der Waals surface area (Å²) in [6.45, 7) is 2.31. The van der Waals surface area contributed by atoms with Crippen molar-refractivity contribution in [2.24, 2.45) is 14.1 Å². The van der Waals surface area contributed by atoms with E-state index >= 15 is 0 Å². The number of nitrogens with one attached hydrogen (secondary N) is 1. The first-order valence-corrected chi connectivity index (χ1v) is 10.1. The molecule has 0 bridgehead atoms. The largest absolute Gasteiger partial charge is 0.332 e. The number of benzene rings is 1. The van der Waals surface area contributed by atoms with Gasteiger partial charge in [-0.1, -0.05) is 17.7 Å². The van der Waals surface area contributed by atoms with Crippen LogP contribution in [0, 0.1) is 6.92 Å². The summed E-state index contributed by atoms with van der Waals surface area (Å²) >= 11 is 1.39. The summed E-state index contributed by atoms with van der Waals surface area (Å²) in [6, 6.07) is 7.59. The first kappa shape index (κ1) is 19.8. The van der Waals surface area contributed by atoms with Gasteiger partial charge in [0.2, 0.25) is 5.91 Å². The summed E-state index contributed by atoms with van der Waals surface area (Å²) < 4.78 is 4.07. The zero-order chi connectivity index (χ0) is 21.4. The molecule has 154 valence electrons. The molecule has 30 heavy (non-hydrogen) atoms. The van der Waals surface area contributed by atoms with Crippen LogP contribution in [0.25, 0.3) is 11.2 Å². The number of imidazole rings is 1. The summed E-state index contributed by atoms with van der Waals surface area (Å²) in [5, 5.41) is 5.39. The van der Waals surface area contributed by atoms with E-state index in [0.29, 0.717) is 28.4 Å². The van der Waals surface area contributed by atoms with Gasteiger partial charge >= 0.3 is 5.69 Å². The number of hydrogen-bond donors (Lipinski definition) is 1. The van der Waals surface area contributed by atoms with Crippen LogP contribution in [0.1, 0.15) is 16.3 Å². The second-order valence-corrected chi connectivity index (χ2v) is 8.02. The Morgan fingerprint density at radius 1 is 1.13 bits per heavy atom. The molecule has 0 unspecified atom stereocenters. The molecule has 4 rings (SSSR count). The van der Waals surface area contributed by atoms with E-state index in [0.717, 1.165) is 15.8 Å². The Kier molecular flexibility index (Phi) is 5.08. The van der Waals surface area contributed by atoms with E-state index in [1.165, 1.54) is 29.3 Å². The molecule has 0 spiro atoms. The Balaban J connectivity index is 1.51. The van der Waals surface area contributed by atoms with Gasteiger partial charge in [-0.15, -0.1) is 11.3 Å². The molecular weight excluding hydrogens is 404 g/mol. The van der Waals surface area contributed by atoms with Crippen LogP contribution in [-0.4, -0.2) is 29.6 Å². The second-order valence-electron chi connectivity index (χ2n) is 7.07. The highest BCUT2D eigenvalue weighted by Gasteiger charge is 2.15. The van der Waals surface area contributed by atoms with Gasteiger partial charge in [0.25, 0.3) is 5.56 Å². The molecule has 0 aliphatic carbocycles. The first-order valence-electron chi connectivity index (χ1n) is 9.24. The van der Waals surface area contributed by atoms with Crippen LogP contribution in [0.4, 0.5) is 5.69 Å². The maximum atomic E-state index is 12.5. The number of thiazole rings is 1. The van der Waals surface area contributed by atoms with Crippen molar-refractivity contribution < 1.29 is 4.79 Å². The maximum Gasteiger partial charge on any atom is 0.332 e. The summed E-state index contributed by atoms with van der Waals surface area (Å²) in [5.41, 5.74) is 2.43. The van der Waals surface area contributed by atoms with Crippen LogP contribution < -0.4 is 16.6 Å². The second kappa shape index (κ2) is 7.71. The van der Waals surface area contributed by atoms with Gasteiger partial charge < -0.3 is 9.88 Å². The van der Waals surface area contributed by atoms with Gasteiger partial charge in [0.1, 0.15) is 5.01 Å². The highest BCUT2D eigenvalue weighted by atomic mass is 32.1. The molecule has 0 radical (unpaired) electrons. The van der Waals surface area contributed by atoms with E-state index in [1.807, 2.05) is 36.6 Å². The van der Waals surface area contributed by atoms with Crippen molar-refractivity contribution in [3.8, 4) is 0 Å². The van der Waals surface area contributed by atoms with Gasteiger partial charge in [0.15, 0.2) is 11.2 Å². The number of aromatic nitrogens is 5. The summed E-state index contributed by atoms with van der Waals surface area (Å²) in [5.74, 6) is -0.142. The fraction of sp³-hybridized carbons (Fsp3) is 0.250. The lowest BCUT2D eigenvalue weighted by Crippen LogP contribution is -2.37. The predicted octanol–water partition coefficient (Wildman–Crippen LogP) is 1.43. The Morgan fingerprint density at radius 2 is 1.87 bits per heavy atom. The van der Waals surface area contributed by atoms with Crippen molar-refractivity contribution in [1.29, 1.82) is 0 Å². The van der Waals surface area contributed by atoms with Crippen molar-refractivity contribution in [3.05, 3.63) is 73.1 Å². The summed E-state index contributed by atoms with van der Waals surface area (Å²) in [7, 11) is 3.02. The molecule has 0 aliphatic rings. The van der Waals surface area contributed by atoms with Crippen LogP contribution in [-0.2, 0) is 31.9 Å². The zero-order valence-electron chi connectivity index (χ0n) is 16.7. The topological polar surface area (TPSA) is 104 Å². The van der Waals surface area contributed by atoms with Crippen molar-refractivity contribution in [2.75, 3.05) is 5.32 Å². The van der Waals surface area contributed by atoms with Crippen molar-refractivity contribution in [3.63, 3.8) is 0 Å². The summed E-state index contributed by atoms with van der Waals surface area (Å²) in [4.78, 5) is 45.6. The predicted molar refractivity (Wildman–Crippen MR) is 115 cm³/mol. The third-order valence-corrected chi connectivity index (χ3v) is 5.69. The van der Waals surface area contributed by atoms with Crippen LogP contribution in [0.15, 0.2) is 45.6 Å². The highest BCUT2D eigenvalue weighted by Crippen LogP contribution is 2.15. The fourth-order valence-electron chi connectivity index (χ4n) is 3.17. The third-order valence-electron chi connectivity index (χ3n) is 4.80. The molecular formula is C20H20N6O3S. The van der Waals surface area contributed by atoms with E-state index in [9.17, 15) is 14.4 Å². The highest BCUT2D eigenvalue weighted by molar-refractivity contribution is 7.09. The SMILES string of the molecule is Cc1ccc(NC(=O)Cc2nc(Cn3cnc4c3c(=O)n(C)c(=O)n4C)cs2)cc1. The molecule has 0 saturated heterocycles. The molecule has 3 heterocycles. The van der Waals surface area contributed by atoms with Crippen molar-refractivity contribution in [2.45, 2.75) is 19.9 Å². The number of fused-ring (bicyclic) bond motifs is 1. The van der Waals surface area contributed by atoms with Crippen LogP contribution in [0.5, 0.6) is 0 Å². The Morgan fingerprint density at radius 3 is 2.60 bits per heavy atom. The smallest absolute Gasteiger partial charge is 0.326 e. The standard InChI is InChI=1S/C20H20N6O3S/c1-12-4-6-13(7-5-12)22-15(27)8-16-23-14(10-30-16)9-26-11-21-18-17(26)19(28)25(3)20(29)24(18)2/h4-7,10-11H,8-9H2,1-3H3,(H,22,27). The normalized spacial score (nSPS) is 11.2. The molecule has 9 nitrogen and oxygen atoms in total. The lowest BCUT2D eigenvalue weighted by atomic mass is 10.2. The van der Waals surface area contributed by atoms with Gasteiger partial charge in [-0.2, -0.15) is 0 Å². The molecule has 3 aromatic heterocycles. The third kappa shape index (κ3) is 3.69. The zero-order valence-corrected chi connectivity index (χ0v) is 17.6. The average Bonchev–Trinajstić information content (AvgIpc) is 3.34. The van der Waals surface area contributed by atoms with E-state index in [-0.39, 0.29) is 12.3 Å². The Labute approximate surface area is 175 Å². The quantitative estimate of drug-likeness (QED) is 0.522. The number of aryl methyl sites for hydroxylation is 2. The Bertz CT molecular complexity index is 1360. The van der Waals surface area contributed by atoms with Crippen LogP contribution >= 0.6 is 11.3 Å². The summed E-state index contributed by atoms with van der Waals surface area (Å²) in [6.07, 6.45) is 1.69. The minimum absolute atomic E-state index is 0.142. The van der Waals surface area contributed by atoms with Crippen LogP contribution in [0.3, 0.4) is 0 Å². The van der Waals surface area contributed by atoms with Crippen molar-refractivity contribution >= 4 is 34.1 Å². The molecule has 1 amide bonds. The van der Waals surface area contributed by atoms with Gasteiger partial charge in [-0.3, -0.25) is 18.7 Å². The number of carbonyl (C=O) groups excluding carboxylic acids is 1. The van der Waals surface area contributed by atoms with E-state index in [1.54, 1.807) is 11.6 Å². The molecule has 0 atom stereocenters. The number of hydrogen-bond acceptors (Lipinski definition) is 6. The molecule has 0 saturated carbocycles. The van der Waals surface area contributed by atoms with Gasteiger partial charge in [-0.25, -0.2) is 14.8 Å². The minimum Gasteiger partial charge on any atom is -0.326 e. The Hall–Kier alpha value is -3.53. The lowest BCUT2D eigenvalue weighted by molar-refractivity contribution is -0.115. The molecule has 1 aromatic carbocycles. The van der Waals surface area contributed by atoms with Gasteiger partial charge in [0.05, 0.1) is 25.0 Å². The number of nitrogens with zero attached hydrogens (tertiary/aromatic N) is 5. The van der Waals surface area contributed by atoms with E-state index in [4.69, 9.17) is 0 Å². The molecule has 10 heteroatoms. The molecule has 1 N–H and O–H groups in total. The maximum absolute atomic E-state index is 12.5. The van der Waals surface area contributed by atoms with E-state index < -0.39 is 11.2 Å². The monoisotopic (exact) mass is 424 g/mol. The van der Waals surface area contributed by atoms with Crippen LogP contribution in [0.2, 0.25) is 0 Å². The van der Waals surface area contributed by atoms with Gasteiger partial charge in [0, 0.05) is 25.2 Å². The minimum atomic E-state index is -0.423. The molecule has 4 aromatic rings. The van der Waals surface area contributed by atoms with Gasteiger partial charge in [-0.05, 0) is 19.1 Å². The number of amides is 1. The molecule has 0 aliphatic heterocycles. The first-order chi connectivity index (χ1) is 14.3. The lowest BCUT2D eigenvalue weighted by Gasteiger charge is -2.05. The van der Waals surface area contributed by atoms with E-state index in [2.05, 4.69) is 15.3 Å². The fourth-order valence-corrected chi connectivity index (χ4v) is 3.96. The molecule has 0 fully saturated rings. The number of rotatable bonds is 5. The average molecular weight is 424 g/mol. The van der Waals surface area contributed by atoms with Crippen molar-refractivity contribution in [1.82, 2.24) is 23.7 Å².